The minimum absolute atomic E-state index is 0.191. The van der Waals surface area contributed by atoms with Gasteiger partial charge in [-0.05, 0) is 91.6 Å². The Labute approximate surface area is 166 Å². The maximum absolute atomic E-state index is 11.0. The van der Waals surface area contributed by atoms with E-state index in [-0.39, 0.29) is 5.97 Å². The summed E-state index contributed by atoms with van der Waals surface area (Å²) in [5, 5.41) is 0. The molecule has 0 fully saturated rings. The van der Waals surface area contributed by atoms with E-state index in [1.54, 1.807) is 6.08 Å². The van der Waals surface area contributed by atoms with Crippen LogP contribution in [0.3, 0.4) is 0 Å². The monoisotopic (exact) mass is 370 g/mol. The van der Waals surface area contributed by atoms with E-state index in [9.17, 15) is 4.79 Å². The normalized spacial score (nSPS) is 15.7. The molecule has 0 radical (unpaired) electrons. The van der Waals surface area contributed by atoms with Gasteiger partial charge in [-0.15, -0.1) is 0 Å². The first-order valence-corrected chi connectivity index (χ1v) is 10.3. The summed E-state index contributed by atoms with van der Waals surface area (Å²) in [5.41, 5.74) is 6.95. The molecule has 2 nitrogen and oxygen atoms in total. The van der Waals surface area contributed by atoms with Gasteiger partial charge in [0.25, 0.3) is 0 Å². The second-order valence-corrected chi connectivity index (χ2v) is 8.00. The van der Waals surface area contributed by atoms with Gasteiger partial charge in [-0.2, -0.15) is 0 Å². The van der Waals surface area contributed by atoms with Crippen LogP contribution in [-0.4, -0.2) is 12.6 Å². The highest BCUT2D eigenvalue weighted by atomic mass is 16.5. The van der Waals surface area contributed by atoms with Gasteiger partial charge in [0, 0.05) is 6.08 Å². The van der Waals surface area contributed by atoms with E-state index in [4.69, 9.17) is 4.74 Å². The van der Waals surface area contributed by atoms with E-state index in [2.05, 4.69) is 58.9 Å². The molecule has 150 valence electrons. The van der Waals surface area contributed by atoms with Crippen LogP contribution in [0.5, 0.6) is 0 Å². The van der Waals surface area contributed by atoms with Crippen LogP contribution in [0.25, 0.3) is 0 Å². The van der Waals surface area contributed by atoms with Crippen molar-refractivity contribution in [1.82, 2.24) is 0 Å². The molecule has 0 spiro atoms. The summed E-state index contributed by atoms with van der Waals surface area (Å²) in [6, 6.07) is 0. The number of rotatable bonds is 12. The first-order valence-electron chi connectivity index (χ1n) is 10.3. The number of carbonyl (C=O) groups is 1. The number of allylic oxidation sites excluding steroid dienone is 8. The molecule has 1 rings (SSSR count). The predicted molar refractivity (Wildman–Crippen MR) is 117 cm³/mol. The Kier molecular flexibility index (Phi) is 11.5. The molecule has 0 unspecified atom stereocenters. The summed E-state index contributed by atoms with van der Waals surface area (Å²) in [7, 11) is 0. The fourth-order valence-corrected chi connectivity index (χ4v) is 3.05. The van der Waals surface area contributed by atoms with Crippen LogP contribution in [0.15, 0.2) is 58.2 Å². The van der Waals surface area contributed by atoms with Crippen molar-refractivity contribution < 1.29 is 9.53 Å². The maximum atomic E-state index is 11.0. The molecule has 0 aliphatic carbocycles. The summed E-state index contributed by atoms with van der Waals surface area (Å²) >= 11 is 0. The number of carbonyl (C=O) groups excluding carboxylic acids is 1. The second kappa shape index (κ2) is 13.4. The van der Waals surface area contributed by atoms with Gasteiger partial charge in [-0.1, -0.05) is 46.6 Å². The molecule has 0 bridgehead atoms. The zero-order valence-electron chi connectivity index (χ0n) is 18.1. The fraction of sp³-hybridized carbons (Fsp3) is 0.560. The lowest BCUT2D eigenvalue weighted by atomic mass is 10.0. The lowest BCUT2D eigenvalue weighted by Gasteiger charge is -2.03. The Balaban J connectivity index is 2.19. The Hall–Kier alpha value is -1.83. The van der Waals surface area contributed by atoms with Crippen LogP contribution in [0.2, 0.25) is 0 Å². The summed E-state index contributed by atoms with van der Waals surface area (Å²) in [6.45, 7) is 11.5. The van der Waals surface area contributed by atoms with E-state index >= 15 is 0 Å². The lowest BCUT2D eigenvalue weighted by molar-refractivity contribution is -0.134. The molecule has 0 amide bonds. The SMILES string of the molecule is CC(C)=CCC/C(C)=C/CC/C(C)=C/CC/C(C)=C/CCC1=CC(=O)OC1. The van der Waals surface area contributed by atoms with Crippen molar-refractivity contribution in [3.63, 3.8) is 0 Å². The Morgan fingerprint density at radius 1 is 0.815 bits per heavy atom. The molecule has 2 heteroatoms. The summed E-state index contributed by atoms with van der Waals surface area (Å²) in [5.74, 6) is -0.191. The maximum Gasteiger partial charge on any atom is 0.331 e. The number of hydrogen-bond acceptors (Lipinski definition) is 2. The number of ether oxygens (including phenoxy) is 1. The third kappa shape index (κ3) is 12.2. The third-order valence-electron chi connectivity index (χ3n) is 4.83. The van der Waals surface area contributed by atoms with E-state index in [1.807, 2.05) is 0 Å². The van der Waals surface area contributed by atoms with Crippen molar-refractivity contribution in [2.24, 2.45) is 0 Å². The molecule has 1 aliphatic rings. The number of hydrogen-bond donors (Lipinski definition) is 0. The molecule has 0 saturated carbocycles. The van der Waals surface area contributed by atoms with Crippen molar-refractivity contribution in [3.05, 3.63) is 58.2 Å². The summed E-state index contributed by atoms with van der Waals surface area (Å²) < 4.78 is 4.92. The topological polar surface area (TPSA) is 26.3 Å². The molecule has 1 heterocycles. The molecule has 0 saturated heterocycles. The van der Waals surface area contributed by atoms with E-state index < -0.39 is 0 Å². The number of cyclic esters (lactones) is 1. The molecule has 0 aromatic carbocycles. The largest absolute Gasteiger partial charge is 0.458 e. The second-order valence-electron chi connectivity index (χ2n) is 8.00. The van der Waals surface area contributed by atoms with Crippen molar-refractivity contribution in [1.29, 1.82) is 0 Å². The van der Waals surface area contributed by atoms with Gasteiger partial charge in [0.2, 0.25) is 0 Å². The van der Waals surface area contributed by atoms with Crippen LogP contribution in [0.1, 0.15) is 86.0 Å². The highest BCUT2D eigenvalue weighted by Crippen LogP contribution is 2.16. The standard InChI is InChI=1S/C25H38O2/c1-20(2)10-6-11-21(3)12-7-13-22(4)14-8-15-23(5)16-9-17-24-18-25(26)27-19-24/h10,12,14,16,18H,6-9,11,13,15,17,19H2,1-5H3/b21-12+,22-14+,23-16+. The molecular formula is C25H38O2. The van der Waals surface area contributed by atoms with Crippen LogP contribution in [0, 0.1) is 0 Å². The van der Waals surface area contributed by atoms with Crippen LogP contribution in [0.4, 0.5) is 0 Å². The Morgan fingerprint density at radius 2 is 1.30 bits per heavy atom. The molecule has 0 atom stereocenters. The van der Waals surface area contributed by atoms with Crippen LogP contribution < -0.4 is 0 Å². The lowest BCUT2D eigenvalue weighted by Crippen LogP contribution is -1.91. The Bertz CT molecular complexity index is 623. The molecule has 0 aromatic heterocycles. The molecule has 27 heavy (non-hydrogen) atoms. The van der Waals surface area contributed by atoms with Gasteiger partial charge in [0.1, 0.15) is 6.61 Å². The van der Waals surface area contributed by atoms with Gasteiger partial charge in [0.15, 0.2) is 0 Å². The van der Waals surface area contributed by atoms with E-state index in [0.29, 0.717) is 6.61 Å². The highest BCUT2D eigenvalue weighted by molar-refractivity contribution is 5.85. The van der Waals surface area contributed by atoms with Crippen LogP contribution in [-0.2, 0) is 9.53 Å². The molecule has 1 aliphatic heterocycles. The van der Waals surface area contributed by atoms with Gasteiger partial charge < -0.3 is 4.74 Å². The third-order valence-corrected chi connectivity index (χ3v) is 4.83. The summed E-state index contributed by atoms with van der Waals surface area (Å²) in [6.07, 6.45) is 19.8. The minimum atomic E-state index is -0.191. The first-order chi connectivity index (χ1) is 12.9. The highest BCUT2D eigenvalue weighted by Gasteiger charge is 2.11. The minimum Gasteiger partial charge on any atom is -0.458 e. The van der Waals surface area contributed by atoms with Gasteiger partial charge in [0.05, 0.1) is 0 Å². The van der Waals surface area contributed by atoms with Gasteiger partial charge in [-0.3, -0.25) is 0 Å². The zero-order valence-corrected chi connectivity index (χ0v) is 18.1. The van der Waals surface area contributed by atoms with Crippen molar-refractivity contribution in [2.45, 2.75) is 86.0 Å². The summed E-state index contributed by atoms with van der Waals surface area (Å²) in [4.78, 5) is 11.0. The van der Waals surface area contributed by atoms with Crippen molar-refractivity contribution >= 4 is 5.97 Å². The molecule has 0 aromatic rings. The van der Waals surface area contributed by atoms with Gasteiger partial charge >= 0.3 is 5.97 Å². The van der Waals surface area contributed by atoms with Crippen molar-refractivity contribution in [2.75, 3.05) is 6.61 Å². The van der Waals surface area contributed by atoms with Crippen LogP contribution >= 0.6 is 0 Å². The zero-order chi connectivity index (χ0) is 20.1. The fourth-order valence-electron chi connectivity index (χ4n) is 3.05. The average Bonchev–Trinajstić information content (AvgIpc) is 3.00. The average molecular weight is 371 g/mol. The van der Waals surface area contributed by atoms with Gasteiger partial charge in [-0.25, -0.2) is 4.79 Å². The molecular weight excluding hydrogens is 332 g/mol. The number of esters is 1. The Morgan fingerprint density at radius 3 is 1.74 bits per heavy atom. The predicted octanol–water partition coefficient (Wildman–Crippen LogP) is 7.40. The molecule has 0 N–H and O–H groups in total. The van der Waals surface area contributed by atoms with E-state index in [1.165, 1.54) is 28.7 Å². The quantitative estimate of drug-likeness (QED) is 0.264. The van der Waals surface area contributed by atoms with Crippen molar-refractivity contribution in [3.8, 4) is 0 Å². The van der Waals surface area contributed by atoms with E-state index in [0.717, 1.165) is 50.5 Å². The smallest absolute Gasteiger partial charge is 0.331 e. The first kappa shape index (κ1) is 23.2.